The van der Waals surface area contributed by atoms with E-state index in [9.17, 15) is 4.79 Å². The molecule has 0 aliphatic heterocycles. The molecule has 2 heterocycles. The number of rotatable bonds is 5. The number of hydrogen-bond acceptors (Lipinski definition) is 5. The van der Waals surface area contributed by atoms with Crippen molar-refractivity contribution in [3.05, 3.63) is 33.8 Å². The molecule has 0 bridgehead atoms. The van der Waals surface area contributed by atoms with E-state index in [0.717, 1.165) is 41.8 Å². The highest BCUT2D eigenvalue weighted by Gasteiger charge is 2.42. The van der Waals surface area contributed by atoms with Crippen LogP contribution in [0.15, 0.2) is 17.6 Å². The highest BCUT2D eigenvalue weighted by Crippen LogP contribution is 2.38. The highest BCUT2D eigenvalue weighted by atomic mass is 32.1. The van der Waals surface area contributed by atoms with Gasteiger partial charge in [0.15, 0.2) is 0 Å². The van der Waals surface area contributed by atoms with Crippen LogP contribution in [0.1, 0.15) is 71.9 Å². The molecule has 7 heteroatoms. The lowest BCUT2D eigenvalue weighted by molar-refractivity contribution is 0.0911. The van der Waals surface area contributed by atoms with Gasteiger partial charge in [-0.1, -0.05) is 24.5 Å². The van der Waals surface area contributed by atoms with E-state index < -0.39 is 0 Å². The van der Waals surface area contributed by atoms with Gasteiger partial charge in [0.05, 0.1) is 17.8 Å². The summed E-state index contributed by atoms with van der Waals surface area (Å²) in [7, 11) is 0. The largest absolute Gasteiger partial charge is 0.343 e. The van der Waals surface area contributed by atoms with Crippen LogP contribution in [-0.2, 0) is 5.66 Å². The quantitative estimate of drug-likeness (QED) is 0.859. The third kappa shape index (κ3) is 3.48. The summed E-state index contributed by atoms with van der Waals surface area (Å²) in [6.45, 7) is 2.02. The Balaban J connectivity index is 1.57. The third-order valence-electron chi connectivity index (χ3n) is 5.45. The highest BCUT2D eigenvalue weighted by molar-refractivity contribution is 7.10. The zero-order valence-electron chi connectivity index (χ0n) is 14.6. The fraction of sp³-hybridized carbons (Fsp3) is 0.611. The lowest BCUT2D eigenvalue weighted by Crippen LogP contribution is -2.34. The number of nitrogens with two attached hydrogens (primary N) is 1. The second kappa shape index (κ2) is 6.53. The second-order valence-corrected chi connectivity index (χ2v) is 8.60. The van der Waals surface area contributed by atoms with Crippen LogP contribution in [0.3, 0.4) is 0 Å². The SMILES string of the molecule is Cc1cc(C(=O)N[C@H](c2cn(C3(N)CC3)nn2)C2CCCCC2)cs1. The molecule has 2 aliphatic carbocycles. The first kappa shape index (κ1) is 16.7. The van der Waals surface area contributed by atoms with E-state index in [4.69, 9.17) is 5.73 Å². The van der Waals surface area contributed by atoms with Crippen molar-refractivity contribution in [1.82, 2.24) is 20.3 Å². The summed E-state index contributed by atoms with van der Waals surface area (Å²) >= 11 is 1.60. The Morgan fingerprint density at radius 1 is 1.40 bits per heavy atom. The predicted octanol–water partition coefficient (Wildman–Crippen LogP) is 3.10. The summed E-state index contributed by atoms with van der Waals surface area (Å²) in [5, 5.41) is 13.8. The van der Waals surface area contributed by atoms with Gasteiger partial charge in [0.2, 0.25) is 0 Å². The Bertz CT molecular complexity index is 757. The van der Waals surface area contributed by atoms with Gasteiger partial charge in [-0.2, -0.15) is 0 Å². The maximum absolute atomic E-state index is 12.7. The average molecular weight is 359 g/mol. The van der Waals surface area contributed by atoms with Gasteiger partial charge in [-0.25, -0.2) is 4.68 Å². The van der Waals surface area contributed by atoms with Crippen LogP contribution in [0.4, 0.5) is 0 Å². The van der Waals surface area contributed by atoms with E-state index in [1.54, 1.807) is 16.0 Å². The minimum Gasteiger partial charge on any atom is -0.343 e. The molecular weight excluding hydrogens is 334 g/mol. The fourth-order valence-electron chi connectivity index (χ4n) is 3.68. The molecule has 0 unspecified atom stereocenters. The van der Waals surface area contributed by atoms with Crippen LogP contribution < -0.4 is 11.1 Å². The number of aromatic nitrogens is 3. The first-order chi connectivity index (χ1) is 12.0. The van der Waals surface area contributed by atoms with Crippen LogP contribution in [0, 0.1) is 12.8 Å². The standard InChI is InChI=1S/C18H25N5OS/c1-12-9-14(11-25-12)17(24)20-16(13-5-3-2-4-6-13)15-10-23(22-21-15)18(19)7-8-18/h9-11,13,16H,2-8,19H2,1H3,(H,20,24)/t16-/m0/s1. The normalized spacial score (nSPS) is 21.0. The van der Waals surface area contributed by atoms with Crippen molar-refractivity contribution in [3.8, 4) is 0 Å². The molecule has 1 atom stereocenters. The van der Waals surface area contributed by atoms with Gasteiger partial charge in [0, 0.05) is 10.3 Å². The minimum atomic E-state index is -0.364. The second-order valence-electron chi connectivity index (χ2n) is 7.49. The van der Waals surface area contributed by atoms with Crippen LogP contribution in [0.2, 0.25) is 0 Å². The lowest BCUT2D eigenvalue weighted by Gasteiger charge is -2.29. The number of nitrogens with one attached hydrogen (secondary N) is 1. The van der Waals surface area contributed by atoms with E-state index in [0.29, 0.717) is 5.92 Å². The van der Waals surface area contributed by atoms with E-state index in [2.05, 4.69) is 15.6 Å². The summed E-state index contributed by atoms with van der Waals surface area (Å²) < 4.78 is 1.78. The Hall–Kier alpha value is -1.73. The van der Waals surface area contributed by atoms with Crippen molar-refractivity contribution in [2.75, 3.05) is 0 Å². The van der Waals surface area contributed by atoms with Gasteiger partial charge in [-0.3, -0.25) is 4.79 Å². The molecule has 2 saturated carbocycles. The predicted molar refractivity (Wildman–Crippen MR) is 97.3 cm³/mol. The van der Waals surface area contributed by atoms with Crippen LogP contribution in [0.5, 0.6) is 0 Å². The summed E-state index contributed by atoms with van der Waals surface area (Å²) in [6.07, 6.45) is 9.75. The monoisotopic (exact) mass is 359 g/mol. The van der Waals surface area contributed by atoms with E-state index in [1.807, 2.05) is 24.6 Å². The molecule has 25 heavy (non-hydrogen) atoms. The number of amides is 1. The molecule has 0 spiro atoms. The molecule has 0 radical (unpaired) electrons. The Morgan fingerprint density at radius 3 is 2.80 bits per heavy atom. The fourth-order valence-corrected chi connectivity index (χ4v) is 4.36. The Morgan fingerprint density at radius 2 is 2.16 bits per heavy atom. The summed E-state index contributed by atoms with van der Waals surface area (Å²) in [5.74, 6) is 0.388. The maximum atomic E-state index is 12.7. The summed E-state index contributed by atoms with van der Waals surface area (Å²) in [6, 6.07) is 1.84. The zero-order chi connectivity index (χ0) is 17.4. The number of nitrogens with zero attached hydrogens (tertiary/aromatic N) is 3. The van der Waals surface area contributed by atoms with Gasteiger partial charge in [0.25, 0.3) is 5.91 Å². The Kier molecular flexibility index (Phi) is 4.37. The molecule has 3 N–H and O–H groups in total. The van der Waals surface area contributed by atoms with Gasteiger partial charge in [-0.15, -0.1) is 16.4 Å². The molecule has 0 saturated heterocycles. The molecule has 2 fully saturated rings. The van der Waals surface area contributed by atoms with E-state index in [1.165, 1.54) is 19.3 Å². The van der Waals surface area contributed by atoms with Crippen molar-refractivity contribution in [3.63, 3.8) is 0 Å². The molecule has 1 amide bonds. The first-order valence-corrected chi connectivity index (χ1v) is 10.0. The molecule has 6 nitrogen and oxygen atoms in total. The van der Waals surface area contributed by atoms with Gasteiger partial charge in [0.1, 0.15) is 11.4 Å². The van der Waals surface area contributed by atoms with Crippen molar-refractivity contribution in [2.45, 2.75) is 63.6 Å². The van der Waals surface area contributed by atoms with Gasteiger partial charge in [-0.05, 0) is 44.6 Å². The van der Waals surface area contributed by atoms with Crippen molar-refractivity contribution in [2.24, 2.45) is 11.7 Å². The first-order valence-electron chi connectivity index (χ1n) is 9.13. The minimum absolute atomic E-state index is 0.0247. The summed E-state index contributed by atoms with van der Waals surface area (Å²) in [5.41, 5.74) is 7.43. The molecule has 4 rings (SSSR count). The van der Waals surface area contributed by atoms with Crippen molar-refractivity contribution < 1.29 is 4.79 Å². The number of carbonyl (C=O) groups excluding carboxylic acids is 1. The molecular formula is C18H25N5OS. The van der Waals surface area contributed by atoms with Crippen molar-refractivity contribution in [1.29, 1.82) is 0 Å². The van der Waals surface area contributed by atoms with Gasteiger partial charge < -0.3 is 11.1 Å². The van der Waals surface area contributed by atoms with Gasteiger partial charge >= 0.3 is 0 Å². The molecule has 2 aromatic rings. The van der Waals surface area contributed by atoms with Crippen LogP contribution in [0.25, 0.3) is 0 Å². The van der Waals surface area contributed by atoms with Crippen molar-refractivity contribution >= 4 is 17.2 Å². The molecule has 2 aliphatic rings. The van der Waals surface area contributed by atoms with Crippen LogP contribution in [-0.4, -0.2) is 20.9 Å². The van der Waals surface area contributed by atoms with E-state index in [-0.39, 0.29) is 17.6 Å². The maximum Gasteiger partial charge on any atom is 0.252 e. The molecule has 134 valence electrons. The molecule has 2 aromatic heterocycles. The number of aryl methyl sites for hydroxylation is 1. The lowest BCUT2D eigenvalue weighted by atomic mass is 9.82. The number of carbonyl (C=O) groups is 1. The zero-order valence-corrected chi connectivity index (χ0v) is 15.4. The molecule has 0 aromatic carbocycles. The number of thiophene rings is 1. The number of hydrogen-bond donors (Lipinski definition) is 2. The average Bonchev–Trinajstić information content (AvgIpc) is 3.04. The van der Waals surface area contributed by atoms with E-state index >= 15 is 0 Å². The summed E-state index contributed by atoms with van der Waals surface area (Å²) in [4.78, 5) is 13.9. The topological polar surface area (TPSA) is 85.8 Å². The van der Waals surface area contributed by atoms with Crippen LogP contribution >= 0.6 is 11.3 Å². The Labute approximate surface area is 151 Å². The smallest absolute Gasteiger partial charge is 0.252 e. The third-order valence-corrected chi connectivity index (χ3v) is 6.31.